The molecule has 0 saturated heterocycles. The highest BCUT2D eigenvalue weighted by molar-refractivity contribution is 5.79. The van der Waals surface area contributed by atoms with Gasteiger partial charge in [-0.2, -0.15) is 0 Å². The van der Waals surface area contributed by atoms with Gasteiger partial charge in [0.25, 0.3) is 0 Å². The fourth-order valence-electron chi connectivity index (χ4n) is 0.609. The number of nitrogens with one attached hydrogen (secondary N) is 2. The van der Waals surface area contributed by atoms with Gasteiger partial charge in [-0.3, -0.25) is 4.99 Å². The summed E-state index contributed by atoms with van der Waals surface area (Å²) in [6.45, 7) is 1.53. The molecule has 5 heteroatoms. The van der Waals surface area contributed by atoms with Crippen LogP contribution in [0.25, 0.3) is 0 Å². The lowest BCUT2D eigenvalue weighted by atomic mass is 10.1. The van der Waals surface area contributed by atoms with E-state index >= 15 is 0 Å². The maximum absolute atomic E-state index is 9.37. The number of aliphatic imine (C=N–C) groups is 1. The minimum absolute atomic E-state index is 0.261. The lowest BCUT2D eigenvalue weighted by Gasteiger charge is -2.21. The Morgan fingerprint density at radius 1 is 1.58 bits per heavy atom. The van der Waals surface area contributed by atoms with E-state index in [1.54, 1.807) is 21.0 Å². The minimum atomic E-state index is -1.10. The van der Waals surface area contributed by atoms with Crippen LogP contribution in [-0.4, -0.2) is 49.0 Å². The molecule has 0 radical (unpaired) electrons. The molecule has 72 valence electrons. The Balaban J connectivity index is 3.81. The van der Waals surface area contributed by atoms with Gasteiger partial charge in [0.15, 0.2) is 5.96 Å². The Bertz CT molecular complexity index is 157. The molecule has 0 fully saturated rings. The third kappa shape index (κ3) is 4.15. The number of nitrogens with zero attached hydrogens (tertiary/aromatic N) is 1. The van der Waals surface area contributed by atoms with Crippen LogP contribution < -0.4 is 10.6 Å². The Hall–Kier alpha value is -0.810. The smallest absolute Gasteiger partial charge is 0.190 e. The van der Waals surface area contributed by atoms with Crippen LogP contribution in [0.5, 0.6) is 0 Å². The van der Waals surface area contributed by atoms with Crippen LogP contribution in [0.15, 0.2) is 4.99 Å². The zero-order chi connectivity index (χ0) is 9.61. The van der Waals surface area contributed by atoms with Crippen LogP contribution in [0, 0.1) is 0 Å². The molecule has 0 aromatic rings. The molecular formula is C7H17N3O2. The molecule has 0 heterocycles. The molecular weight excluding hydrogens is 158 g/mol. The van der Waals surface area contributed by atoms with Gasteiger partial charge in [-0.05, 0) is 6.92 Å². The first-order chi connectivity index (χ1) is 5.55. The third-order valence-electron chi connectivity index (χ3n) is 1.44. The lowest BCUT2D eigenvalue weighted by Crippen LogP contribution is -2.46. The number of guanidine groups is 1. The quantitative estimate of drug-likeness (QED) is 0.312. The summed E-state index contributed by atoms with van der Waals surface area (Å²) < 4.78 is 0. The second-order valence-corrected chi connectivity index (χ2v) is 2.83. The van der Waals surface area contributed by atoms with Gasteiger partial charge in [-0.1, -0.05) is 0 Å². The summed E-state index contributed by atoms with van der Waals surface area (Å²) in [7, 11) is 3.36. The Morgan fingerprint density at radius 3 is 2.50 bits per heavy atom. The highest BCUT2D eigenvalue weighted by atomic mass is 16.3. The van der Waals surface area contributed by atoms with E-state index in [2.05, 4.69) is 15.6 Å². The molecule has 1 unspecified atom stereocenters. The van der Waals surface area contributed by atoms with Gasteiger partial charge in [-0.25, -0.2) is 0 Å². The van der Waals surface area contributed by atoms with E-state index in [0.29, 0.717) is 5.96 Å². The summed E-state index contributed by atoms with van der Waals surface area (Å²) in [5, 5.41) is 23.7. The number of aliphatic hydroxyl groups is 2. The van der Waals surface area contributed by atoms with Gasteiger partial charge < -0.3 is 20.8 Å². The van der Waals surface area contributed by atoms with Crippen molar-refractivity contribution in [3.05, 3.63) is 0 Å². The minimum Gasteiger partial charge on any atom is -0.393 e. The largest absolute Gasteiger partial charge is 0.393 e. The zero-order valence-corrected chi connectivity index (χ0v) is 7.76. The van der Waals surface area contributed by atoms with Gasteiger partial charge in [-0.15, -0.1) is 0 Å². The van der Waals surface area contributed by atoms with Gasteiger partial charge in [0.05, 0.1) is 6.61 Å². The third-order valence-corrected chi connectivity index (χ3v) is 1.44. The second kappa shape index (κ2) is 4.95. The molecule has 0 saturated carbocycles. The zero-order valence-electron chi connectivity index (χ0n) is 7.76. The number of aliphatic hydroxyl groups excluding tert-OH is 1. The normalized spacial score (nSPS) is 16.9. The molecule has 0 spiro atoms. The van der Waals surface area contributed by atoms with Crippen LogP contribution in [-0.2, 0) is 0 Å². The van der Waals surface area contributed by atoms with Crippen LogP contribution in [0.2, 0.25) is 0 Å². The van der Waals surface area contributed by atoms with E-state index in [9.17, 15) is 5.11 Å². The average Bonchev–Trinajstić information content (AvgIpc) is 2.06. The van der Waals surface area contributed by atoms with Crippen molar-refractivity contribution < 1.29 is 10.2 Å². The molecule has 0 aromatic heterocycles. The topological polar surface area (TPSA) is 76.9 Å². The fraction of sp³-hybridized carbons (Fsp3) is 0.857. The Kier molecular flexibility index (Phi) is 4.61. The molecule has 0 rings (SSSR count). The van der Waals surface area contributed by atoms with Crippen LogP contribution in [0.4, 0.5) is 0 Å². The number of rotatable bonds is 3. The Labute approximate surface area is 72.5 Å². The summed E-state index contributed by atoms with van der Waals surface area (Å²) in [5.41, 5.74) is -1.10. The van der Waals surface area contributed by atoms with Crippen LogP contribution >= 0.6 is 0 Å². The monoisotopic (exact) mass is 175 g/mol. The van der Waals surface area contributed by atoms with Crippen molar-refractivity contribution in [3.63, 3.8) is 0 Å². The SMILES string of the molecule is CN=C(NC)NCC(C)(O)CO. The van der Waals surface area contributed by atoms with E-state index in [1.807, 2.05) is 0 Å². The van der Waals surface area contributed by atoms with Gasteiger partial charge in [0.1, 0.15) is 5.60 Å². The first-order valence-corrected chi connectivity index (χ1v) is 3.77. The van der Waals surface area contributed by atoms with Gasteiger partial charge >= 0.3 is 0 Å². The van der Waals surface area contributed by atoms with E-state index in [0.717, 1.165) is 0 Å². The van der Waals surface area contributed by atoms with Crippen molar-refractivity contribution in [2.75, 3.05) is 27.2 Å². The molecule has 5 nitrogen and oxygen atoms in total. The Morgan fingerprint density at radius 2 is 2.17 bits per heavy atom. The predicted molar refractivity (Wildman–Crippen MR) is 48.1 cm³/mol. The lowest BCUT2D eigenvalue weighted by molar-refractivity contribution is 0.00605. The van der Waals surface area contributed by atoms with E-state index in [1.165, 1.54) is 0 Å². The highest BCUT2D eigenvalue weighted by Gasteiger charge is 2.18. The van der Waals surface area contributed by atoms with Crippen molar-refractivity contribution in [2.45, 2.75) is 12.5 Å². The van der Waals surface area contributed by atoms with E-state index in [-0.39, 0.29) is 13.2 Å². The summed E-state index contributed by atoms with van der Waals surface area (Å²) in [6.07, 6.45) is 0. The summed E-state index contributed by atoms with van der Waals surface area (Å²) in [4.78, 5) is 3.85. The van der Waals surface area contributed by atoms with Crippen molar-refractivity contribution in [1.82, 2.24) is 10.6 Å². The molecule has 4 N–H and O–H groups in total. The standard InChI is InChI=1S/C7H17N3O2/c1-7(12,5-11)4-10-6(8-2)9-3/h11-12H,4-5H2,1-3H3,(H2,8,9,10). The van der Waals surface area contributed by atoms with E-state index < -0.39 is 5.60 Å². The summed E-state index contributed by atoms with van der Waals surface area (Å²) in [6, 6.07) is 0. The predicted octanol–water partition coefficient (Wildman–Crippen LogP) is -1.48. The van der Waals surface area contributed by atoms with Crippen molar-refractivity contribution in [3.8, 4) is 0 Å². The van der Waals surface area contributed by atoms with Crippen molar-refractivity contribution in [2.24, 2.45) is 4.99 Å². The van der Waals surface area contributed by atoms with Gasteiger partial charge in [0, 0.05) is 20.6 Å². The maximum Gasteiger partial charge on any atom is 0.190 e. The molecule has 0 aromatic carbocycles. The number of hydrogen-bond acceptors (Lipinski definition) is 3. The van der Waals surface area contributed by atoms with Crippen LogP contribution in [0.1, 0.15) is 6.92 Å². The van der Waals surface area contributed by atoms with Crippen molar-refractivity contribution in [1.29, 1.82) is 0 Å². The summed E-state index contributed by atoms with van der Waals surface area (Å²) in [5.74, 6) is 0.587. The summed E-state index contributed by atoms with van der Waals surface area (Å²) >= 11 is 0. The van der Waals surface area contributed by atoms with Gasteiger partial charge in [0.2, 0.25) is 0 Å². The second-order valence-electron chi connectivity index (χ2n) is 2.83. The molecule has 0 amide bonds. The molecule has 0 aliphatic carbocycles. The molecule has 0 bridgehead atoms. The number of hydrogen-bond donors (Lipinski definition) is 4. The first kappa shape index (κ1) is 11.2. The van der Waals surface area contributed by atoms with E-state index in [4.69, 9.17) is 5.11 Å². The first-order valence-electron chi connectivity index (χ1n) is 3.77. The highest BCUT2D eigenvalue weighted by Crippen LogP contribution is 1.97. The molecule has 0 aliphatic rings. The maximum atomic E-state index is 9.37. The fourth-order valence-corrected chi connectivity index (χ4v) is 0.609. The van der Waals surface area contributed by atoms with Crippen molar-refractivity contribution >= 4 is 5.96 Å². The average molecular weight is 175 g/mol. The molecule has 0 aliphatic heterocycles. The molecule has 12 heavy (non-hydrogen) atoms. The van der Waals surface area contributed by atoms with Crippen LogP contribution in [0.3, 0.4) is 0 Å². The molecule has 1 atom stereocenters.